The van der Waals surface area contributed by atoms with Gasteiger partial charge in [0.2, 0.25) is 0 Å². The first-order chi connectivity index (χ1) is 20.5. The van der Waals surface area contributed by atoms with Crippen LogP contribution < -0.4 is 10.2 Å². The molecule has 8 aromatic rings. The first-order valence-corrected chi connectivity index (χ1v) is 17.4. The van der Waals surface area contributed by atoms with Gasteiger partial charge in [-0.05, 0) is 59.7 Å². The van der Waals surface area contributed by atoms with Crippen molar-refractivity contribution in [2.45, 2.75) is 0 Å². The van der Waals surface area contributed by atoms with E-state index in [2.05, 4.69) is 109 Å². The van der Waals surface area contributed by atoms with E-state index in [1.54, 1.807) is 0 Å². The van der Waals surface area contributed by atoms with Gasteiger partial charge in [0.25, 0.3) is 0 Å². The molecule has 0 saturated heterocycles. The van der Waals surface area contributed by atoms with Crippen LogP contribution in [0.4, 0.5) is 11.4 Å². The first kappa shape index (κ1) is 26.1. The van der Waals surface area contributed by atoms with Gasteiger partial charge in [-0.1, -0.05) is 36.4 Å². The Morgan fingerprint density at radius 3 is 1.43 bits per heavy atom. The fraction of sp³-hybridized carbons (Fsp3) is 0.0909. The van der Waals surface area contributed by atoms with Crippen molar-refractivity contribution >= 4 is 98.3 Å². The lowest BCUT2D eigenvalue weighted by atomic mass is 10.1. The largest absolute Gasteiger partial charge is 0.388 e. The summed E-state index contributed by atoms with van der Waals surface area (Å²) in [6, 6.07) is 31.2. The highest BCUT2D eigenvalue weighted by Crippen LogP contribution is 2.46. The number of anilines is 2. The molecule has 4 nitrogen and oxygen atoms in total. The number of aromatic nitrogens is 2. The molecule has 0 spiro atoms. The molecule has 3 aromatic carbocycles. The third-order valence-electron chi connectivity index (χ3n) is 7.49. The Balaban J connectivity index is 1.11. The van der Waals surface area contributed by atoms with Crippen molar-refractivity contribution in [1.29, 1.82) is 0 Å². The number of benzene rings is 3. The van der Waals surface area contributed by atoms with Crippen molar-refractivity contribution in [1.82, 2.24) is 8.75 Å². The van der Waals surface area contributed by atoms with Gasteiger partial charge in [0.05, 0.1) is 11.7 Å². The number of hydrogen-bond donors (Lipinski definition) is 1. The molecule has 8 rings (SSSR count). The third kappa shape index (κ3) is 4.44. The molecule has 206 valence electrons. The topological polar surface area (TPSA) is 41.0 Å². The number of fused-ring (bicyclic) bond motifs is 3. The van der Waals surface area contributed by atoms with Crippen LogP contribution >= 0.6 is 57.1 Å². The Morgan fingerprint density at radius 1 is 0.548 bits per heavy atom. The van der Waals surface area contributed by atoms with Crippen LogP contribution in [0.5, 0.6) is 0 Å². The van der Waals surface area contributed by atoms with Gasteiger partial charge in [-0.2, -0.15) is 8.75 Å². The van der Waals surface area contributed by atoms with Gasteiger partial charge in [0.1, 0.15) is 11.0 Å². The summed E-state index contributed by atoms with van der Waals surface area (Å²) in [7, 11) is 6.09. The summed E-state index contributed by atoms with van der Waals surface area (Å²) in [5, 5.41) is 3.19. The van der Waals surface area contributed by atoms with Crippen molar-refractivity contribution in [3.63, 3.8) is 0 Å². The summed E-state index contributed by atoms with van der Waals surface area (Å²) in [5.41, 5.74) is 9.18. The normalized spacial score (nSPS) is 11.7. The summed E-state index contributed by atoms with van der Waals surface area (Å²) < 4.78 is 14.8. The molecule has 0 amide bonds. The highest BCUT2D eigenvalue weighted by Gasteiger charge is 2.18. The van der Waals surface area contributed by atoms with E-state index in [-0.39, 0.29) is 0 Å². The number of nitrogens with zero attached hydrogens (tertiary/aromatic N) is 3. The van der Waals surface area contributed by atoms with Crippen LogP contribution in [0.15, 0.2) is 84.9 Å². The molecule has 0 fully saturated rings. The highest BCUT2D eigenvalue weighted by atomic mass is 32.1. The van der Waals surface area contributed by atoms with E-state index in [1.807, 2.05) is 52.4 Å². The maximum atomic E-state index is 4.77. The van der Waals surface area contributed by atoms with Gasteiger partial charge >= 0.3 is 0 Å². The van der Waals surface area contributed by atoms with Crippen molar-refractivity contribution in [3.05, 3.63) is 84.9 Å². The first-order valence-electron chi connectivity index (χ1n) is 13.4. The lowest BCUT2D eigenvalue weighted by Gasteiger charge is -2.12. The molecule has 42 heavy (non-hydrogen) atoms. The van der Waals surface area contributed by atoms with Gasteiger partial charge in [-0.15, -0.1) is 45.3 Å². The Kier molecular flexibility index (Phi) is 6.38. The Morgan fingerprint density at radius 2 is 0.976 bits per heavy atom. The van der Waals surface area contributed by atoms with Gasteiger partial charge < -0.3 is 10.2 Å². The van der Waals surface area contributed by atoms with Crippen molar-refractivity contribution in [2.75, 3.05) is 31.4 Å². The smallest absolute Gasteiger partial charge is 0.114 e. The zero-order valence-corrected chi connectivity index (χ0v) is 27.0. The molecule has 0 aliphatic rings. The van der Waals surface area contributed by atoms with Crippen LogP contribution in [0.25, 0.3) is 71.6 Å². The SMILES string of the molecule is CNc1ccc(-c2cc3sc(-c4ccc(-c5cc6sc(-c7ccc(N(C)C)cc7)cc6s5)c5nsnc45)cc3s2)cc1. The van der Waals surface area contributed by atoms with Crippen LogP contribution in [-0.4, -0.2) is 29.9 Å². The molecule has 5 aromatic heterocycles. The lowest BCUT2D eigenvalue weighted by molar-refractivity contribution is 1.13. The number of thiophene rings is 4. The quantitative estimate of drug-likeness (QED) is 0.197. The van der Waals surface area contributed by atoms with E-state index in [0.717, 1.165) is 22.3 Å². The minimum absolute atomic E-state index is 0.993. The second-order valence-electron chi connectivity index (χ2n) is 10.3. The average Bonchev–Trinajstić information content (AvgIpc) is 3.82. The zero-order valence-electron chi connectivity index (χ0n) is 23.0. The summed E-state index contributed by atoms with van der Waals surface area (Å²) in [4.78, 5) is 7.23. The van der Waals surface area contributed by atoms with Crippen LogP contribution in [0, 0.1) is 0 Å². The molecule has 1 N–H and O–H groups in total. The van der Waals surface area contributed by atoms with Crippen molar-refractivity contribution in [3.8, 4) is 41.8 Å². The molecule has 0 aliphatic heterocycles. The number of rotatable bonds is 6. The average molecular weight is 637 g/mol. The Bertz CT molecular complexity index is 2150. The monoisotopic (exact) mass is 636 g/mol. The van der Waals surface area contributed by atoms with Crippen LogP contribution in [0.3, 0.4) is 0 Å². The molecule has 5 heterocycles. The second kappa shape index (κ2) is 10.3. The fourth-order valence-corrected chi connectivity index (χ4v) is 10.6. The Labute approximate surface area is 263 Å². The van der Waals surface area contributed by atoms with E-state index in [1.165, 1.54) is 72.4 Å². The molecular formula is C33H24N4S5. The molecule has 0 atom stereocenters. The van der Waals surface area contributed by atoms with E-state index in [4.69, 9.17) is 8.75 Å². The standard InChI is InChI=1S/C33H24N4S5/c1-34-20-8-4-18(5-9-20)24-14-28-30(38-24)16-26(40-28)22-12-13-23(33-32(22)35-42-36-33)27-17-31-29(41-27)15-25(39-31)19-6-10-21(11-7-19)37(2)3/h4-17,34H,1-3H3. The summed E-state index contributed by atoms with van der Waals surface area (Å²) in [5.74, 6) is 0. The minimum atomic E-state index is 0.993. The molecule has 0 aliphatic carbocycles. The lowest BCUT2D eigenvalue weighted by Crippen LogP contribution is -2.07. The number of hydrogen-bond acceptors (Lipinski definition) is 9. The second-order valence-corrected chi connectivity index (χ2v) is 15.2. The maximum Gasteiger partial charge on any atom is 0.114 e. The summed E-state index contributed by atoms with van der Waals surface area (Å²) >= 11 is 8.68. The van der Waals surface area contributed by atoms with Gasteiger partial charge in [0.15, 0.2) is 0 Å². The summed E-state index contributed by atoms with van der Waals surface area (Å²) in [6.45, 7) is 0. The molecule has 9 heteroatoms. The molecular weight excluding hydrogens is 613 g/mol. The third-order valence-corrected chi connectivity index (χ3v) is 12.8. The fourth-order valence-electron chi connectivity index (χ4n) is 5.21. The molecule has 0 unspecified atom stereocenters. The number of nitrogens with one attached hydrogen (secondary N) is 1. The molecule has 0 radical (unpaired) electrons. The minimum Gasteiger partial charge on any atom is -0.388 e. The van der Waals surface area contributed by atoms with Crippen molar-refractivity contribution < 1.29 is 0 Å². The highest BCUT2D eigenvalue weighted by molar-refractivity contribution is 7.31. The maximum absolute atomic E-state index is 4.77. The van der Waals surface area contributed by atoms with E-state index in [9.17, 15) is 0 Å². The van der Waals surface area contributed by atoms with E-state index in [0.29, 0.717) is 0 Å². The van der Waals surface area contributed by atoms with Crippen molar-refractivity contribution in [2.24, 2.45) is 0 Å². The van der Waals surface area contributed by atoms with Crippen LogP contribution in [-0.2, 0) is 0 Å². The van der Waals surface area contributed by atoms with E-state index >= 15 is 0 Å². The van der Waals surface area contributed by atoms with Gasteiger partial charge in [-0.25, -0.2) is 0 Å². The summed E-state index contributed by atoms with van der Waals surface area (Å²) in [6.07, 6.45) is 0. The Hall–Kier alpha value is -3.60. The van der Waals surface area contributed by atoms with Gasteiger partial charge in [0, 0.05) is 82.0 Å². The molecule has 0 bridgehead atoms. The predicted molar refractivity (Wildman–Crippen MR) is 190 cm³/mol. The van der Waals surface area contributed by atoms with Gasteiger partial charge in [-0.3, -0.25) is 0 Å². The predicted octanol–water partition coefficient (Wildman–Crippen LogP) is 11.0. The van der Waals surface area contributed by atoms with Crippen LogP contribution in [0.2, 0.25) is 0 Å². The zero-order chi connectivity index (χ0) is 28.4. The van der Waals surface area contributed by atoms with E-state index < -0.39 is 0 Å². The molecule has 0 saturated carbocycles. The van der Waals surface area contributed by atoms with Crippen LogP contribution in [0.1, 0.15) is 0 Å².